The molecule has 0 spiro atoms. The molecule has 0 radical (unpaired) electrons. The number of Topliss-reactive ketones (excluding diaryl/α,β-unsaturated/α-hetero) is 1. The lowest BCUT2D eigenvalue weighted by Gasteiger charge is -2.08. The first-order valence-electron chi connectivity index (χ1n) is 7.38. The van der Waals surface area contributed by atoms with Gasteiger partial charge in [0.15, 0.2) is 17.3 Å². The third-order valence-electron chi connectivity index (χ3n) is 3.16. The smallest absolute Gasteiger partial charge is 0.306 e. The van der Waals surface area contributed by atoms with E-state index >= 15 is 0 Å². The average molecular weight is 351 g/mol. The first-order valence-corrected chi connectivity index (χ1v) is 7.76. The number of hydrogen-bond acceptors (Lipinski definition) is 4. The highest BCUT2D eigenvalue weighted by atomic mass is 35.5. The van der Waals surface area contributed by atoms with Crippen molar-refractivity contribution < 1.29 is 23.5 Å². The standard InChI is InChI=1S/C18H16ClFO4/c19-14-7-5-13(6-8-14)16(21)9-10-18(22)24-12-11-23-17-4-2-1-3-15(17)20/h1-8H,9-12H2. The third kappa shape index (κ3) is 5.66. The number of rotatable bonds is 8. The van der Waals surface area contributed by atoms with Gasteiger partial charge in [-0.05, 0) is 36.4 Å². The van der Waals surface area contributed by atoms with Crippen LogP contribution in [0.5, 0.6) is 5.75 Å². The third-order valence-corrected chi connectivity index (χ3v) is 3.41. The molecule has 0 amide bonds. The van der Waals surface area contributed by atoms with Gasteiger partial charge in [-0.25, -0.2) is 4.39 Å². The van der Waals surface area contributed by atoms with Crippen LogP contribution in [0.1, 0.15) is 23.2 Å². The summed E-state index contributed by atoms with van der Waals surface area (Å²) < 4.78 is 23.4. The molecule has 2 aromatic carbocycles. The van der Waals surface area contributed by atoms with Crippen LogP contribution < -0.4 is 4.74 Å². The van der Waals surface area contributed by atoms with Gasteiger partial charge >= 0.3 is 5.97 Å². The average Bonchev–Trinajstić information content (AvgIpc) is 2.58. The molecule has 0 aliphatic heterocycles. The fraction of sp³-hybridized carbons (Fsp3) is 0.222. The SMILES string of the molecule is O=C(CCC(=O)c1ccc(Cl)cc1)OCCOc1ccccc1F. The first-order chi connectivity index (χ1) is 11.6. The predicted octanol–water partition coefficient (Wildman–Crippen LogP) is 4.06. The summed E-state index contributed by atoms with van der Waals surface area (Å²) in [7, 11) is 0. The molecule has 0 aliphatic carbocycles. The topological polar surface area (TPSA) is 52.6 Å². The van der Waals surface area contributed by atoms with Gasteiger partial charge in [-0.3, -0.25) is 9.59 Å². The van der Waals surface area contributed by atoms with E-state index in [4.69, 9.17) is 21.1 Å². The number of ketones is 1. The number of hydrogen-bond donors (Lipinski definition) is 0. The van der Waals surface area contributed by atoms with Crippen molar-refractivity contribution in [3.05, 3.63) is 64.9 Å². The Bertz CT molecular complexity index is 700. The highest BCUT2D eigenvalue weighted by Crippen LogP contribution is 2.15. The van der Waals surface area contributed by atoms with Gasteiger partial charge in [0.25, 0.3) is 0 Å². The number of benzene rings is 2. The second kappa shape index (κ2) is 9.03. The van der Waals surface area contributed by atoms with Gasteiger partial charge in [0.2, 0.25) is 0 Å². The Balaban J connectivity index is 1.65. The monoisotopic (exact) mass is 350 g/mol. The molecule has 2 aromatic rings. The van der Waals surface area contributed by atoms with Crippen LogP contribution in [0.2, 0.25) is 5.02 Å². The fourth-order valence-electron chi connectivity index (χ4n) is 1.94. The lowest BCUT2D eigenvalue weighted by Crippen LogP contribution is -2.13. The maximum Gasteiger partial charge on any atom is 0.306 e. The molecule has 6 heteroatoms. The fourth-order valence-corrected chi connectivity index (χ4v) is 2.06. The molecule has 0 unspecified atom stereocenters. The van der Waals surface area contributed by atoms with Gasteiger partial charge < -0.3 is 9.47 Å². The predicted molar refractivity (Wildman–Crippen MR) is 87.9 cm³/mol. The zero-order valence-electron chi connectivity index (χ0n) is 12.8. The van der Waals surface area contributed by atoms with E-state index in [1.807, 2.05) is 0 Å². The zero-order valence-corrected chi connectivity index (χ0v) is 13.6. The summed E-state index contributed by atoms with van der Waals surface area (Å²) in [5, 5.41) is 0.542. The highest BCUT2D eigenvalue weighted by molar-refractivity contribution is 6.30. The highest BCUT2D eigenvalue weighted by Gasteiger charge is 2.10. The van der Waals surface area contributed by atoms with E-state index in [2.05, 4.69) is 0 Å². The summed E-state index contributed by atoms with van der Waals surface area (Å²) in [6, 6.07) is 12.4. The number of carbonyl (C=O) groups is 2. The summed E-state index contributed by atoms with van der Waals surface area (Å²) >= 11 is 5.75. The molecule has 2 rings (SSSR count). The second-order valence-electron chi connectivity index (χ2n) is 4.93. The Kier molecular flexibility index (Phi) is 6.75. The molecular formula is C18H16ClFO4. The van der Waals surface area contributed by atoms with Crippen molar-refractivity contribution in [3.63, 3.8) is 0 Å². The molecule has 0 saturated heterocycles. The number of para-hydroxylation sites is 1. The summed E-state index contributed by atoms with van der Waals surface area (Å²) in [5.41, 5.74) is 0.495. The Morgan fingerprint density at radius 3 is 2.38 bits per heavy atom. The molecule has 24 heavy (non-hydrogen) atoms. The van der Waals surface area contributed by atoms with Gasteiger partial charge in [0.1, 0.15) is 13.2 Å². The molecule has 0 bridgehead atoms. The Labute approximate surface area is 144 Å². The lowest BCUT2D eigenvalue weighted by atomic mass is 10.1. The summed E-state index contributed by atoms with van der Waals surface area (Å²) in [4.78, 5) is 23.5. The second-order valence-corrected chi connectivity index (χ2v) is 5.37. The lowest BCUT2D eigenvalue weighted by molar-refractivity contribution is -0.144. The van der Waals surface area contributed by atoms with Crippen molar-refractivity contribution in [1.29, 1.82) is 0 Å². The molecule has 126 valence electrons. The Morgan fingerprint density at radius 1 is 0.958 bits per heavy atom. The van der Waals surface area contributed by atoms with Crippen LogP contribution in [0, 0.1) is 5.82 Å². The van der Waals surface area contributed by atoms with Crippen molar-refractivity contribution in [3.8, 4) is 5.75 Å². The molecular weight excluding hydrogens is 335 g/mol. The normalized spacial score (nSPS) is 10.2. The molecule has 0 N–H and O–H groups in total. The quantitative estimate of drug-likeness (QED) is 0.409. The van der Waals surface area contributed by atoms with E-state index < -0.39 is 11.8 Å². The van der Waals surface area contributed by atoms with Gasteiger partial charge in [0, 0.05) is 17.0 Å². The minimum absolute atomic E-state index is 0.0116. The largest absolute Gasteiger partial charge is 0.487 e. The molecule has 0 saturated carbocycles. The summed E-state index contributed by atoms with van der Waals surface area (Å²) in [6.45, 7) is 0.0279. The van der Waals surface area contributed by atoms with Crippen LogP contribution in [-0.2, 0) is 9.53 Å². The van der Waals surface area contributed by atoms with Crippen molar-refractivity contribution in [1.82, 2.24) is 0 Å². The molecule has 0 atom stereocenters. The van der Waals surface area contributed by atoms with Crippen LogP contribution in [0.15, 0.2) is 48.5 Å². The number of carbonyl (C=O) groups excluding carboxylic acids is 2. The van der Waals surface area contributed by atoms with Crippen molar-refractivity contribution >= 4 is 23.4 Å². The van der Waals surface area contributed by atoms with Crippen LogP contribution >= 0.6 is 11.6 Å². The maximum absolute atomic E-state index is 13.3. The van der Waals surface area contributed by atoms with Gasteiger partial charge in [-0.15, -0.1) is 0 Å². The van der Waals surface area contributed by atoms with Gasteiger partial charge in [-0.2, -0.15) is 0 Å². The Morgan fingerprint density at radius 2 is 1.67 bits per heavy atom. The van der Waals surface area contributed by atoms with E-state index in [0.29, 0.717) is 10.6 Å². The summed E-state index contributed by atoms with van der Waals surface area (Å²) in [6.07, 6.45) is 0.0236. The first kappa shape index (κ1) is 17.9. The summed E-state index contributed by atoms with van der Waals surface area (Å²) in [5.74, 6) is -1.04. The van der Waals surface area contributed by atoms with E-state index in [0.717, 1.165) is 0 Å². The minimum atomic E-state index is -0.505. The van der Waals surface area contributed by atoms with Crippen LogP contribution in [-0.4, -0.2) is 25.0 Å². The van der Waals surface area contributed by atoms with E-state index in [1.165, 1.54) is 12.1 Å². The molecule has 0 aliphatic rings. The molecule has 0 fully saturated rings. The van der Waals surface area contributed by atoms with Crippen molar-refractivity contribution in [2.24, 2.45) is 0 Å². The van der Waals surface area contributed by atoms with E-state index in [-0.39, 0.29) is 37.6 Å². The van der Waals surface area contributed by atoms with Gasteiger partial charge in [0.05, 0.1) is 6.42 Å². The zero-order chi connectivity index (χ0) is 17.4. The number of ether oxygens (including phenoxy) is 2. The molecule has 4 nitrogen and oxygen atoms in total. The van der Waals surface area contributed by atoms with Crippen LogP contribution in [0.3, 0.4) is 0 Å². The van der Waals surface area contributed by atoms with Gasteiger partial charge in [-0.1, -0.05) is 23.7 Å². The van der Waals surface area contributed by atoms with Crippen molar-refractivity contribution in [2.45, 2.75) is 12.8 Å². The maximum atomic E-state index is 13.3. The van der Waals surface area contributed by atoms with Crippen LogP contribution in [0.25, 0.3) is 0 Å². The number of halogens is 2. The van der Waals surface area contributed by atoms with Crippen LogP contribution in [0.4, 0.5) is 4.39 Å². The molecule has 0 heterocycles. The van der Waals surface area contributed by atoms with E-state index in [9.17, 15) is 14.0 Å². The van der Waals surface area contributed by atoms with Crippen molar-refractivity contribution in [2.75, 3.05) is 13.2 Å². The minimum Gasteiger partial charge on any atom is -0.487 e. The number of esters is 1. The molecule has 0 aromatic heterocycles. The Hall–Kier alpha value is -2.40. The van der Waals surface area contributed by atoms with E-state index in [1.54, 1.807) is 36.4 Å².